The lowest BCUT2D eigenvalue weighted by Gasteiger charge is -2.32. The van der Waals surface area contributed by atoms with Crippen LogP contribution in [0.25, 0.3) is 21.6 Å². The van der Waals surface area contributed by atoms with Gasteiger partial charge >= 0.3 is 5.97 Å². The average Bonchev–Trinajstić information content (AvgIpc) is 3.33. The summed E-state index contributed by atoms with van der Waals surface area (Å²) < 4.78 is 12.4. The second kappa shape index (κ2) is 12.9. The Morgan fingerprint density at radius 1 is 1.20 bits per heavy atom. The SMILES string of the molecule is COc1ccc2c(O[C@@H]3C[C@H]4C(=O)N[C@]5(C(=O)O)C[C@H]5/C=C\CCCCN(C)C(O)[C@@H]4C3)cc(-c3nc(C(C)C)cs3)nc2c1C. The van der Waals surface area contributed by atoms with Crippen molar-refractivity contribution in [3.63, 3.8) is 0 Å². The molecule has 6 atom stereocenters. The van der Waals surface area contributed by atoms with Gasteiger partial charge in [0.25, 0.3) is 0 Å². The molecular formula is C35H44N4O6S. The van der Waals surface area contributed by atoms with Gasteiger partial charge in [-0.3, -0.25) is 9.69 Å². The van der Waals surface area contributed by atoms with Crippen LogP contribution < -0.4 is 14.8 Å². The minimum absolute atomic E-state index is 0.236. The van der Waals surface area contributed by atoms with E-state index in [1.165, 1.54) is 0 Å². The number of ether oxygens (including phenoxy) is 2. The molecule has 10 nitrogen and oxygen atoms in total. The van der Waals surface area contributed by atoms with Crippen LogP contribution in [0.3, 0.4) is 0 Å². The first-order valence-corrected chi connectivity index (χ1v) is 17.1. The van der Waals surface area contributed by atoms with E-state index in [4.69, 9.17) is 19.4 Å². The third-order valence-electron chi connectivity index (χ3n) is 9.98. The van der Waals surface area contributed by atoms with Crippen LogP contribution in [0.5, 0.6) is 11.5 Å². The maximum absolute atomic E-state index is 13.9. The normalized spacial score (nSPS) is 29.5. The van der Waals surface area contributed by atoms with Crippen LogP contribution in [0.1, 0.15) is 69.5 Å². The number of aliphatic hydroxyl groups excluding tert-OH is 1. The fourth-order valence-electron chi connectivity index (χ4n) is 7.02. The van der Waals surface area contributed by atoms with E-state index in [2.05, 4.69) is 24.5 Å². The van der Waals surface area contributed by atoms with Crippen molar-refractivity contribution in [3.8, 4) is 22.2 Å². The first-order chi connectivity index (χ1) is 22.0. The number of allylic oxidation sites excluding steroid dienone is 1. The fraction of sp³-hybridized carbons (Fsp3) is 0.543. The number of benzene rings is 1. The lowest BCUT2D eigenvalue weighted by Crippen LogP contribution is -2.50. The second-order valence-electron chi connectivity index (χ2n) is 13.4. The molecule has 0 bridgehead atoms. The highest BCUT2D eigenvalue weighted by molar-refractivity contribution is 7.13. The monoisotopic (exact) mass is 648 g/mol. The Labute approximate surface area is 273 Å². The van der Waals surface area contributed by atoms with Crippen molar-refractivity contribution in [2.24, 2.45) is 17.8 Å². The second-order valence-corrected chi connectivity index (χ2v) is 14.3. The Morgan fingerprint density at radius 3 is 2.72 bits per heavy atom. The quantitative estimate of drug-likeness (QED) is 0.295. The van der Waals surface area contributed by atoms with Crippen molar-refractivity contribution in [1.82, 2.24) is 20.2 Å². The van der Waals surface area contributed by atoms with Gasteiger partial charge in [-0.2, -0.15) is 0 Å². The third kappa shape index (κ3) is 6.12. The van der Waals surface area contributed by atoms with Crippen molar-refractivity contribution in [3.05, 3.63) is 47.0 Å². The summed E-state index contributed by atoms with van der Waals surface area (Å²) in [5, 5.41) is 28.2. The number of aromatic nitrogens is 2. The smallest absolute Gasteiger partial charge is 0.330 e. The zero-order valence-electron chi connectivity index (χ0n) is 27.2. The van der Waals surface area contributed by atoms with Gasteiger partial charge in [-0.05, 0) is 70.5 Å². The van der Waals surface area contributed by atoms with Crippen LogP contribution in [0, 0.1) is 24.7 Å². The van der Waals surface area contributed by atoms with Gasteiger partial charge in [-0.15, -0.1) is 11.3 Å². The van der Waals surface area contributed by atoms with Crippen molar-refractivity contribution >= 4 is 34.1 Å². The van der Waals surface area contributed by atoms with E-state index in [1.54, 1.807) is 18.4 Å². The van der Waals surface area contributed by atoms with Crippen LogP contribution >= 0.6 is 11.3 Å². The molecule has 3 aromatic rings. The molecule has 6 rings (SSSR count). The number of fused-ring (bicyclic) bond motifs is 3. The van der Waals surface area contributed by atoms with Crippen molar-refractivity contribution in [2.75, 3.05) is 20.7 Å². The van der Waals surface area contributed by atoms with Gasteiger partial charge in [0.2, 0.25) is 5.91 Å². The standard InChI is InChI=1S/C35H44N4O6S/c1-19(2)27-18-46-32(37-27)26-16-29(23-11-12-28(44-5)20(3)30(23)36-26)45-22-14-24-25(15-22)33(41)39(4)13-9-7-6-8-10-21-17-35(21,34(42)43)38-31(24)40/h8,10-12,16,18-19,21-22,24-25,33,41H,6-7,9,13-15,17H2,1-5H3,(H,38,40)(H,42,43)/b10-8-/t21-,22-,24-,25-,33?,35-/m1/s1. The molecule has 1 aromatic carbocycles. The van der Waals surface area contributed by atoms with E-state index >= 15 is 0 Å². The first kappa shape index (κ1) is 32.4. The molecule has 3 N–H and O–H groups in total. The summed E-state index contributed by atoms with van der Waals surface area (Å²) in [6.07, 6.45) is 6.51. The van der Waals surface area contributed by atoms with E-state index < -0.39 is 35.7 Å². The predicted molar refractivity (Wildman–Crippen MR) is 177 cm³/mol. The number of aliphatic carboxylic acids is 1. The topological polar surface area (TPSA) is 134 Å². The van der Waals surface area contributed by atoms with Crippen LogP contribution in [-0.2, 0) is 9.59 Å². The zero-order valence-corrected chi connectivity index (χ0v) is 28.0. The summed E-state index contributed by atoms with van der Waals surface area (Å²) in [6.45, 7) is 6.88. The number of aryl methyl sites for hydroxylation is 1. The molecule has 1 unspecified atom stereocenters. The van der Waals surface area contributed by atoms with Crippen LogP contribution in [0.2, 0.25) is 0 Å². The summed E-state index contributed by atoms with van der Waals surface area (Å²) in [5.74, 6) is -1.02. The van der Waals surface area contributed by atoms with Crippen molar-refractivity contribution in [2.45, 2.75) is 83.1 Å². The maximum Gasteiger partial charge on any atom is 0.330 e. The number of nitrogens with zero attached hydrogens (tertiary/aromatic N) is 3. The predicted octanol–water partition coefficient (Wildman–Crippen LogP) is 5.52. The average molecular weight is 649 g/mol. The summed E-state index contributed by atoms with van der Waals surface area (Å²) >= 11 is 1.54. The number of nitrogens with one attached hydrogen (secondary N) is 1. The Balaban J connectivity index is 1.34. The number of pyridine rings is 1. The van der Waals surface area contributed by atoms with Gasteiger partial charge in [0.15, 0.2) is 0 Å². The van der Waals surface area contributed by atoms with E-state index in [9.17, 15) is 19.8 Å². The van der Waals surface area contributed by atoms with Crippen LogP contribution in [-0.4, -0.2) is 75.5 Å². The number of carbonyl (C=O) groups is 2. The number of rotatable bonds is 6. The number of thiazole rings is 1. The highest BCUT2D eigenvalue weighted by Gasteiger charge is 2.61. The molecule has 2 aliphatic carbocycles. The van der Waals surface area contributed by atoms with Crippen molar-refractivity contribution < 1.29 is 29.3 Å². The third-order valence-corrected chi connectivity index (χ3v) is 10.9. The molecule has 2 aromatic heterocycles. The highest BCUT2D eigenvalue weighted by atomic mass is 32.1. The van der Waals surface area contributed by atoms with Gasteiger partial charge in [0, 0.05) is 46.7 Å². The molecule has 1 aliphatic heterocycles. The van der Waals surface area contributed by atoms with Crippen LogP contribution in [0.15, 0.2) is 35.7 Å². The summed E-state index contributed by atoms with van der Waals surface area (Å²) in [5.41, 5.74) is 2.03. The Kier molecular flexibility index (Phi) is 9.11. The molecule has 11 heteroatoms. The minimum atomic E-state index is -1.30. The summed E-state index contributed by atoms with van der Waals surface area (Å²) in [6, 6.07) is 5.75. The molecule has 246 valence electrons. The first-order valence-electron chi connectivity index (χ1n) is 16.2. The van der Waals surface area contributed by atoms with E-state index in [0.29, 0.717) is 37.3 Å². The number of amides is 1. The van der Waals surface area contributed by atoms with E-state index in [-0.39, 0.29) is 17.7 Å². The minimum Gasteiger partial charge on any atom is -0.496 e. The molecule has 46 heavy (non-hydrogen) atoms. The number of hydrogen-bond acceptors (Lipinski definition) is 9. The molecular weight excluding hydrogens is 604 g/mol. The number of carboxylic acid groups (broad SMARTS) is 1. The Bertz CT molecular complexity index is 1660. The lowest BCUT2D eigenvalue weighted by molar-refractivity contribution is -0.145. The molecule has 3 heterocycles. The van der Waals surface area contributed by atoms with Gasteiger partial charge in [0.1, 0.15) is 34.0 Å². The molecule has 1 amide bonds. The zero-order chi connectivity index (χ0) is 32.7. The van der Waals surface area contributed by atoms with Gasteiger partial charge < -0.3 is 25.0 Å². The summed E-state index contributed by atoms with van der Waals surface area (Å²) in [7, 11) is 3.51. The number of aliphatic hydroxyl groups is 1. The number of hydrogen-bond donors (Lipinski definition) is 3. The van der Waals surface area contributed by atoms with Crippen molar-refractivity contribution in [1.29, 1.82) is 0 Å². The number of methoxy groups -OCH3 is 1. The number of carbonyl (C=O) groups excluding carboxylic acids is 1. The number of carboxylic acids is 1. The largest absolute Gasteiger partial charge is 0.496 e. The van der Waals surface area contributed by atoms with Gasteiger partial charge in [-0.1, -0.05) is 26.0 Å². The van der Waals surface area contributed by atoms with Gasteiger partial charge in [-0.25, -0.2) is 14.8 Å². The molecule has 3 aliphatic rings. The van der Waals surface area contributed by atoms with Gasteiger partial charge in [0.05, 0.1) is 24.4 Å². The Hall–Kier alpha value is -3.54. The molecule has 0 saturated heterocycles. The Morgan fingerprint density at radius 2 is 2.00 bits per heavy atom. The summed E-state index contributed by atoms with van der Waals surface area (Å²) in [4.78, 5) is 38.0. The molecule has 0 spiro atoms. The molecule has 0 radical (unpaired) electrons. The van der Waals surface area contributed by atoms with E-state index in [0.717, 1.165) is 52.2 Å². The van der Waals surface area contributed by atoms with E-state index in [1.807, 2.05) is 49.2 Å². The molecule has 2 saturated carbocycles. The van der Waals surface area contributed by atoms with Crippen LogP contribution in [0.4, 0.5) is 0 Å². The maximum atomic E-state index is 13.9. The lowest BCUT2D eigenvalue weighted by atomic mass is 9.92. The fourth-order valence-corrected chi connectivity index (χ4v) is 7.96. The highest BCUT2D eigenvalue weighted by Crippen LogP contribution is 2.47. The molecule has 2 fully saturated rings.